The first-order valence-electron chi connectivity index (χ1n) is 6.06. The molecule has 0 aliphatic carbocycles. The predicted molar refractivity (Wildman–Crippen MR) is 76.0 cm³/mol. The lowest BCUT2D eigenvalue weighted by Crippen LogP contribution is -2.19. The summed E-state index contributed by atoms with van der Waals surface area (Å²) in [5, 5.41) is 3.50. The molecule has 2 rings (SSSR count). The van der Waals surface area contributed by atoms with E-state index in [9.17, 15) is 0 Å². The van der Waals surface area contributed by atoms with Crippen LogP contribution in [0.15, 0.2) is 18.2 Å². The molecular formula is C13H20N2OS. The van der Waals surface area contributed by atoms with Crippen LogP contribution in [-0.2, 0) is 0 Å². The molecule has 17 heavy (non-hydrogen) atoms. The van der Waals surface area contributed by atoms with E-state index in [1.807, 2.05) is 43.8 Å². The van der Waals surface area contributed by atoms with Crippen molar-refractivity contribution in [3.63, 3.8) is 0 Å². The highest BCUT2D eigenvalue weighted by atomic mass is 32.2. The number of rotatable bonds is 4. The molecule has 0 saturated carbocycles. The van der Waals surface area contributed by atoms with Crippen molar-refractivity contribution in [2.45, 2.75) is 32.4 Å². The van der Waals surface area contributed by atoms with E-state index in [0.717, 1.165) is 22.9 Å². The van der Waals surface area contributed by atoms with Crippen LogP contribution in [0, 0.1) is 0 Å². The van der Waals surface area contributed by atoms with Gasteiger partial charge in [-0.05, 0) is 38.2 Å². The molecule has 1 unspecified atom stereocenters. The second kappa shape index (κ2) is 5.54. The molecule has 0 bridgehead atoms. The van der Waals surface area contributed by atoms with Crippen LogP contribution in [0.2, 0.25) is 0 Å². The number of nitrogens with two attached hydrogens (primary N) is 1. The number of hydrogen-bond donors (Lipinski definition) is 2. The molecule has 1 heterocycles. The van der Waals surface area contributed by atoms with Gasteiger partial charge in [-0.25, -0.2) is 0 Å². The maximum atomic E-state index is 6.12. The van der Waals surface area contributed by atoms with Gasteiger partial charge in [-0.1, -0.05) is 6.07 Å². The third kappa shape index (κ3) is 3.22. The quantitative estimate of drug-likeness (QED) is 0.809. The van der Waals surface area contributed by atoms with E-state index in [1.165, 1.54) is 12.2 Å². The second-order valence-corrected chi connectivity index (χ2v) is 5.74. The number of para-hydroxylation sites is 1. The Hall–Kier alpha value is -1.03. The summed E-state index contributed by atoms with van der Waals surface area (Å²) in [6, 6.07) is 6.46. The highest BCUT2D eigenvalue weighted by Crippen LogP contribution is 2.32. The number of benzene rings is 1. The van der Waals surface area contributed by atoms with Gasteiger partial charge in [0.15, 0.2) is 0 Å². The number of anilines is 2. The first kappa shape index (κ1) is 12.4. The Kier molecular flexibility index (Phi) is 4.05. The topological polar surface area (TPSA) is 47.3 Å². The molecule has 1 aliphatic rings. The van der Waals surface area contributed by atoms with Crippen molar-refractivity contribution in [2.24, 2.45) is 0 Å². The van der Waals surface area contributed by atoms with Gasteiger partial charge < -0.3 is 15.8 Å². The number of nitrogen functional groups attached to an aromatic ring is 1. The SMILES string of the molecule is CC(C)Oc1cccc(NC2CCSC2)c1N. The summed E-state index contributed by atoms with van der Waals surface area (Å²) in [4.78, 5) is 0. The molecule has 0 aromatic heterocycles. The van der Waals surface area contributed by atoms with Crippen molar-refractivity contribution in [1.82, 2.24) is 0 Å². The third-order valence-electron chi connectivity index (χ3n) is 2.72. The minimum absolute atomic E-state index is 0.148. The maximum Gasteiger partial charge on any atom is 0.144 e. The average Bonchev–Trinajstić information content (AvgIpc) is 2.76. The summed E-state index contributed by atoms with van der Waals surface area (Å²) in [6.45, 7) is 4.01. The van der Waals surface area contributed by atoms with Crippen molar-refractivity contribution >= 4 is 23.1 Å². The monoisotopic (exact) mass is 252 g/mol. The molecule has 1 saturated heterocycles. The summed E-state index contributed by atoms with van der Waals surface area (Å²) in [7, 11) is 0. The lowest BCUT2D eigenvalue weighted by molar-refractivity contribution is 0.244. The number of ether oxygens (including phenoxy) is 1. The van der Waals surface area contributed by atoms with Crippen LogP contribution in [0.3, 0.4) is 0 Å². The highest BCUT2D eigenvalue weighted by molar-refractivity contribution is 7.99. The Balaban J connectivity index is 2.10. The summed E-state index contributed by atoms with van der Waals surface area (Å²) < 4.78 is 5.68. The Morgan fingerprint density at radius 3 is 2.94 bits per heavy atom. The molecule has 1 atom stereocenters. The molecule has 3 nitrogen and oxygen atoms in total. The predicted octanol–water partition coefficient (Wildman–Crippen LogP) is 2.97. The fourth-order valence-electron chi connectivity index (χ4n) is 1.89. The van der Waals surface area contributed by atoms with Crippen molar-refractivity contribution in [2.75, 3.05) is 22.6 Å². The molecule has 1 aromatic rings. The van der Waals surface area contributed by atoms with Crippen LogP contribution in [0.5, 0.6) is 5.75 Å². The molecule has 1 aliphatic heterocycles. The molecule has 0 radical (unpaired) electrons. The van der Waals surface area contributed by atoms with Gasteiger partial charge in [0, 0.05) is 11.8 Å². The minimum Gasteiger partial charge on any atom is -0.489 e. The molecule has 4 heteroatoms. The van der Waals surface area contributed by atoms with Crippen molar-refractivity contribution < 1.29 is 4.74 Å². The van der Waals surface area contributed by atoms with Gasteiger partial charge in [0.05, 0.1) is 17.5 Å². The van der Waals surface area contributed by atoms with E-state index < -0.39 is 0 Å². The molecule has 3 N–H and O–H groups in total. The van der Waals surface area contributed by atoms with Crippen molar-refractivity contribution in [3.8, 4) is 5.75 Å². The second-order valence-electron chi connectivity index (χ2n) is 4.59. The third-order valence-corrected chi connectivity index (χ3v) is 3.88. The smallest absolute Gasteiger partial charge is 0.144 e. The molecule has 0 amide bonds. The van der Waals surface area contributed by atoms with Gasteiger partial charge in [0.25, 0.3) is 0 Å². The number of thioether (sulfide) groups is 1. The lowest BCUT2D eigenvalue weighted by atomic mass is 10.2. The normalized spacial score (nSPS) is 19.6. The first-order chi connectivity index (χ1) is 8.16. The van der Waals surface area contributed by atoms with E-state index in [1.54, 1.807) is 0 Å². The zero-order valence-electron chi connectivity index (χ0n) is 10.4. The van der Waals surface area contributed by atoms with Gasteiger partial charge in [0.1, 0.15) is 5.75 Å². The number of hydrogen-bond acceptors (Lipinski definition) is 4. The Labute approximate surface area is 107 Å². The lowest BCUT2D eigenvalue weighted by Gasteiger charge is -2.18. The Bertz CT molecular complexity index is 376. The van der Waals surface area contributed by atoms with Gasteiger partial charge in [-0.15, -0.1) is 0 Å². The molecule has 1 fully saturated rings. The highest BCUT2D eigenvalue weighted by Gasteiger charge is 2.17. The largest absolute Gasteiger partial charge is 0.489 e. The van der Waals surface area contributed by atoms with E-state index >= 15 is 0 Å². The molecular weight excluding hydrogens is 232 g/mol. The minimum atomic E-state index is 0.148. The zero-order valence-corrected chi connectivity index (χ0v) is 11.2. The standard InChI is InChI=1S/C13H20N2OS/c1-9(2)16-12-5-3-4-11(13(12)14)15-10-6-7-17-8-10/h3-5,9-10,15H,6-8,14H2,1-2H3. The van der Waals surface area contributed by atoms with Crippen LogP contribution in [0.4, 0.5) is 11.4 Å². The summed E-state index contributed by atoms with van der Waals surface area (Å²) in [6.07, 6.45) is 1.36. The fraction of sp³-hybridized carbons (Fsp3) is 0.538. The van der Waals surface area contributed by atoms with Crippen LogP contribution >= 0.6 is 11.8 Å². The molecule has 0 spiro atoms. The van der Waals surface area contributed by atoms with E-state index in [0.29, 0.717) is 6.04 Å². The molecule has 94 valence electrons. The van der Waals surface area contributed by atoms with Crippen molar-refractivity contribution in [3.05, 3.63) is 18.2 Å². The fourth-order valence-corrected chi connectivity index (χ4v) is 3.05. The summed E-state index contributed by atoms with van der Waals surface area (Å²) >= 11 is 1.99. The van der Waals surface area contributed by atoms with Crippen molar-refractivity contribution in [1.29, 1.82) is 0 Å². The number of nitrogens with one attached hydrogen (secondary N) is 1. The van der Waals surface area contributed by atoms with Gasteiger partial charge in [0.2, 0.25) is 0 Å². The van der Waals surface area contributed by atoms with E-state index in [2.05, 4.69) is 5.32 Å². The van der Waals surface area contributed by atoms with Crippen LogP contribution in [0.1, 0.15) is 20.3 Å². The Morgan fingerprint density at radius 1 is 1.47 bits per heavy atom. The zero-order chi connectivity index (χ0) is 12.3. The van der Waals surface area contributed by atoms with E-state index in [4.69, 9.17) is 10.5 Å². The van der Waals surface area contributed by atoms with E-state index in [-0.39, 0.29) is 6.10 Å². The summed E-state index contributed by atoms with van der Waals surface area (Å²) in [5.41, 5.74) is 7.83. The van der Waals surface area contributed by atoms with Crippen LogP contribution in [-0.4, -0.2) is 23.7 Å². The summed E-state index contributed by atoms with van der Waals surface area (Å²) in [5.74, 6) is 3.17. The molecule has 1 aromatic carbocycles. The first-order valence-corrected chi connectivity index (χ1v) is 7.21. The Morgan fingerprint density at radius 2 is 2.29 bits per heavy atom. The van der Waals surface area contributed by atoms with Gasteiger partial charge in [-0.2, -0.15) is 11.8 Å². The average molecular weight is 252 g/mol. The van der Waals surface area contributed by atoms with Crippen LogP contribution < -0.4 is 15.8 Å². The maximum absolute atomic E-state index is 6.12. The van der Waals surface area contributed by atoms with Gasteiger partial charge in [-0.3, -0.25) is 0 Å². The van der Waals surface area contributed by atoms with Gasteiger partial charge >= 0.3 is 0 Å². The van der Waals surface area contributed by atoms with Crippen LogP contribution in [0.25, 0.3) is 0 Å².